The van der Waals surface area contributed by atoms with Crippen LogP contribution in [0, 0.1) is 0 Å². The number of piperazine rings is 1. The lowest BCUT2D eigenvalue weighted by molar-refractivity contribution is -0.142. The lowest BCUT2D eigenvalue weighted by atomic mass is 10.1. The van der Waals surface area contributed by atoms with E-state index < -0.39 is 20.2 Å². The summed E-state index contributed by atoms with van der Waals surface area (Å²) in [4.78, 5) is 33.2. The quantitative estimate of drug-likeness (QED) is 0.447. The standard InChI is InChI=1S/C28H36N4O3Si/c1-30-16-18-31(19-17-30)24-13-10-21(11-14-24)25-15-12-23(27(33)29-25)20-32(36(2,3)4)26(28(34)35)22-8-6-5-7-9-22/h5-15,26H,16-20H2,1-4H3,(H,29,33)(H,34,35). The van der Waals surface area contributed by atoms with Crippen LogP contribution in [0.15, 0.2) is 71.5 Å². The van der Waals surface area contributed by atoms with Crippen molar-refractivity contribution in [1.29, 1.82) is 0 Å². The van der Waals surface area contributed by atoms with Crippen molar-refractivity contribution in [2.45, 2.75) is 32.2 Å². The Bertz CT molecular complexity index is 1230. The lowest BCUT2D eigenvalue weighted by Gasteiger charge is -2.38. The molecule has 0 saturated carbocycles. The zero-order chi connectivity index (χ0) is 25.9. The number of H-pyrrole nitrogens is 1. The van der Waals surface area contributed by atoms with Crippen molar-refractivity contribution >= 4 is 19.9 Å². The molecule has 190 valence electrons. The first-order valence-corrected chi connectivity index (χ1v) is 15.9. The van der Waals surface area contributed by atoms with E-state index in [4.69, 9.17) is 0 Å². The van der Waals surface area contributed by atoms with Gasteiger partial charge in [0.1, 0.15) is 14.3 Å². The molecular weight excluding hydrogens is 468 g/mol. The van der Waals surface area contributed by atoms with Crippen LogP contribution in [-0.2, 0) is 11.3 Å². The SMILES string of the molecule is CN1CCN(c2ccc(-c3ccc(CN(C(C(=O)O)c4ccccc4)[Si](C)(C)C)c(=O)[nH]3)cc2)CC1. The molecule has 1 aliphatic rings. The number of pyridine rings is 1. The van der Waals surface area contributed by atoms with Crippen LogP contribution < -0.4 is 10.5 Å². The second-order valence-electron chi connectivity index (χ2n) is 10.5. The van der Waals surface area contributed by atoms with Gasteiger partial charge in [-0.3, -0.25) is 9.59 Å². The van der Waals surface area contributed by atoms with E-state index in [-0.39, 0.29) is 12.1 Å². The van der Waals surface area contributed by atoms with E-state index in [0.717, 1.165) is 43.0 Å². The number of rotatable bonds is 8. The third-order valence-electron chi connectivity index (χ3n) is 6.90. The molecule has 0 aliphatic carbocycles. The summed E-state index contributed by atoms with van der Waals surface area (Å²) in [5.74, 6) is -0.905. The Morgan fingerprint density at radius 3 is 2.17 bits per heavy atom. The van der Waals surface area contributed by atoms with E-state index >= 15 is 0 Å². The molecular formula is C28H36N4O3Si. The molecule has 0 amide bonds. The summed E-state index contributed by atoms with van der Waals surface area (Å²) < 4.78 is 2.00. The number of anilines is 1. The fraction of sp³-hybridized carbons (Fsp3) is 0.357. The Kier molecular flexibility index (Phi) is 7.78. The molecule has 1 unspecified atom stereocenters. The highest BCUT2D eigenvalue weighted by molar-refractivity contribution is 6.73. The Labute approximate surface area is 214 Å². The molecule has 2 heterocycles. The van der Waals surface area contributed by atoms with Crippen LogP contribution in [0.4, 0.5) is 5.69 Å². The van der Waals surface area contributed by atoms with E-state index in [9.17, 15) is 14.7 Å². The average molecular weight is 505 g/mol. The van der Waals surface area contributed by atoms with Crippen molar-refractivity contribution in [3.8, 4) is 11.3 Å². The van der Waals surface area contributed by atoms with Crippen LogP contribution in [0.2, 0.25) is 19.6 Å². The van der Waals surface area contributed by atoms with Gasteiger partial charge in [-0.15, -0.1) is 0 Å². The topological polar surface area (TPSA) is 79.9 Å². The zero-order valence-electron chi connectivity index (χ0n) is 21.6. The van der Waals surface area contributed by atoms with Gasteiger partial charge < -0.3 is 24.5 Å². The number of carboxylic acids is 1. The number of aromatic amines is 1. The first-order valence-electron chi connectivity index (χ1n) is 12.4. The maximum absolute atomic E-state index is 13.1. The minimum Gasteiger partial charge on any atom is -0.480 e. The van der Waals surface area contributed by atoms with Gasteiger partial charge in [0.05, 0.1) is 0 Å². The molecule has 2 aromatic carbocycles. The molecule has 1 fully saturated rings. The fourth-order valence-electron chi connectivity index (χ4n) is 4.70. The molecule has 0 spiro atoms. The van der Waals surface area contributed by atoms with Crippen LogP contribution in [0.3, 0.4) is 0 Å². The lowest BCUT2D eigenvalue weighted by Crippen LogP contribution is -2.50. The summed E-state index contributed by atoms with van der Waals surface area (Å²) >= 11 is 0. The number of aromatic nitrogens is 1. The van der Waals surface area contributed by atoms with E-state index in [1.165, 1.54) is 5.69 Å². The molecule has 36 heavy (non-hydrogen) atoms. The highest BCUT2D eigenvalue weighted by Crippen LogP contribution is 2.29. The Balaban J connectivity index is 1.56. The molecule has 3 aromatic rings. The van der Waals surface area contributed by atoms with E-state index in [2.05, 4.69) is 53.6 Å². The maximum Gasteiger partial charge on any atom is 0.324 e. The number of nitrogens with zero attached hydrogens (tertiary/aromatic N) is 3. The molecule has 2 N–H and O–H groups in total. The number of aliphatic carboxylic acids is 1. The number of benzene rings is 2. The maximum atomic E-state index is 13.1. The minimum absolute atomic E-state index is 0.184. The van der Waals surface area contributed by atoms with E-state index in [0.29, 0.717) is 5.56 Å². The van der Waals surface area contributed by atoms with Crippen molar-refractivity contribution in [2.75, 3.05) is 38.1 Å². The smallest absolute Gasteiger partial charge is 0.324 e. The Morgan fingerprint density at radius 2 is 1.61 bits per heavy atom. The molecule has 8 heteroatoms. The van der Waals surface area contributed by atoms with Crippen molar-refractivity contribution in [2.24, 2.45) is 0 Å². The predicted molar refractivity (Wildman–Crippen MR) is 148 cm³/mol. The van der Waals surface area contributed by atoms with Crippen molar-refractivity contribution < 1.29 is 9.90 Å². The molecule has 7 nitrogen and oxygen atoms in total. The van der Waals surface area contributed by atoms with Gasteiger partial charge in [0.2, 0.25) is 0 Å². The van der Waals surface area contributed by atoms with Crippen LogP contribution in [-0.4, -0.2) is 67.0 Å². The van der Waals surface area contributed by atoms with Gasteiger partial charge in [0.15, 0.2) is 0 Å². The van der Waals surface area contributed by atoms with Crippen molar-refractivity contribution in [3.05, 3.63) is 88.2 Å². The van der Waals surface area contributed by atoms with Crippen LogP contribution in [0.5, 0.6) is 0 Å². The largest absolute Gasteiger partial charge is 0.480 e. The number of hydrogen-bond acceptors (Lipinski definition) is 5. The second kappa shape index (κ2) is 10.8. The van der Waals surface area contributed by atoms with Crippen LogP contribution in [0.25, 0.3) is 11.3 Å². The number of hydrogen-bond donors (Lipinski definition) is 2. The van der Waals surface area contributed by atoms with Gasteiger partial charge in [0, 0.05) is 49.7 Å². The molecule has 1 aromatic heterocycles. The zero-order valence-corrected chi connectivity index (χ0v) is 22.6. The van der Waals surface area contributed by atoms with E-state index in [1.807, 2.05) is 59.2 Å². The normalized spacial score (nSPS) is 15.8. The summed E-state index contributed by atoms with van der Waals surface area (Å²) in [5, 5.41) is 10.1. The number of carboxylic acid groups (broad SMARTS) is 1. The summed E-state index contributed by atoms with van der Waals surface area (Å²) in [6.07, 6.45) is 0. The van der Waals surface area contributed by atoms with Gasteiger partial charge in [-0.1, -0.05) is 68.2 Å². The van der Waals surface area contributed by atoms with Gasteiger partial charge in [-0.25, -0.2) is 0 Å². The summed E-state index contributed by atoms with van der Waals surface area (Å²) in [6, 6.07) is 20.5. The fourth-order valence-corrected chi connectivity index (χ4v) is 6.38. The van der Waals surface area contributed by atoms with Gasteiger partial charge in [0.25, 0.3) is 5.56 Å². The summed E-state index contributed by atoms with van der Waals surface area (Å²) in [7, 11) is 0.0319. The van der Waals surface area contributed by atoms with Crippen LogP contribution in [0.1, 0.15) is 17.2 Å². The molecule has 4 rings (SSSR count). The first-order chi connectivity index (χ1) is 17.1. The van der Waals surface area contributed by atoms with E-state index in [1.54, 1.807) is 0 Å². The second-order valence-corrected chi connectivity index (χ2v) is 15.4. The molecule has 1 atom stereocenters. The summed E-state index contributed by atoms with van der Waals surface area (Å²) in [5.41, 5.74) is 4.00. The Morgan fingerprint density at radius 1 is 0.972 bits per heavy atom. The Hall–Kier alpha value is -3.20. The number of likely N-dealkylation sites (N-methyl/N-ethyl adjacent to an activating group) is 1. The third kappa shape index (κ3) is 5.95. The van der Waals surface area contributed by atoms with Crippen LogP contribution >= 0.6 is 0 Å². The predicted octanol–water partition coefficient (Wildman–Crippen LogP) is 4.26. The van der Waals surface area contributed by atoms with Gasteiger partial charge in [-0.2, -0.15) is 0 Å². The average Bonchev–Trinajstić information content (AvgIpc) is 2.85. The number of nitrogens with one attached hydrogen (secondary N) is 1. The van der Waals surface area contributed by atoms with Gasteiger partial charge >= 0.3 is 5.97 Å². The monoisotopic (exact) mass is 504 g/mol. The first kappa shape index (κ1) is 25.9. The summed E-state index contributed by atoms with van der Waals surface area (Å²) in [6.45, 7) is 10.7. The highest BCUT2D eigenvalue weighted by atomic mass is 28.3. The van der Waals surface area contributed by atoms with Crippen molar-refractivity contribution in [1.82, 2.24) is 14.4 Å². The van der Waals surface area contributed by atoms with Gasteiger partial charge in [-0.05, 0) is 36.4 Å². The molecule has 0 radical (unpaired) electrons. The highest BCUT2D eigenvalue weighted by Gasteiger charge is 2.36. The minimum atomic E-state index is -2.11. The molecule has 0 bridgehead atoms. The van der Waals surface area contributed by atoms with Crippen molar-refractivity contribution in [3.63, 3.8) is 0 Å². The molecule has 1 aliphatic heterocycles. The number of carbonyl (C=O) groups is 1. The third-order valence-corrected chi connectivity index (χ3v) is 9.04. The molecule has 1 saturated heterocycles.